The second-order valence-electron chi connectivity index (χ2n) is 5.48. The molecular weight excluding hydrogens is 328 g/mol. The van der Waals surface area contributed by atoms with E-state index in [-0.39, 0.29) is 10.8 Å². The van der Waals surface area contributed by atoms with E-state index in [1.807, 2.05) is 24.3 Å². The summed E-state index contributed by atoms with van der Waals surface area (Å²) in [4.78, 5) is 15.1. The van der Waals surface area contributed by atoms with Crippen molar-refractivity contribution in [2.24, 2.45) is 0 Å². The quantitative estimate of drug-likeness (QED) is 0.493. The number of para-hydroxylation sites is 1. The van der Waals surface area contributed by atoms with Gasteiger partial charge in [0.25, 0.3) is 16.0 Å². The smallest absolute Gasteiger partial charge is 0.294 e. The number of rotatable bonds is 2. The van der Waals surface area contributed by atoms with E-state index in [0.29, 0.717) is 16.8 Å². The second-order valence-corrected chi connectivity index (χ2v) is 6.91. The lowest BCUT2D eigenvalue weighted by Crippen LogP contribution is -2.03. The molecule has 24 heavy (non-hydrogen) atoms. The summed E-state index contributed by atoms with van der Waals surface area (Å²) >= 11 is 0. The molecule has 4 rings (SSSR count). The highest BCUT2D eigenvalue weighted by molar-refractivity contribution is 7.85. The van der Waals surface area contributed by atoms with E-state index < -0.39 is 10.1 Å². The van der Waals surface area contributed by atoms with E-state index in [1.165, 1.54) is 18.2 Å². The van der Waals surface area contributed by atoms with Crippen LogP contribution in [0.5, 0.6) is 0 Å². The van der Waals surface area contributed by atoms with Gasteiger partial charge < -0.3 is 10.3 Å². The van der Waals surface area contributed by atoms with Gasteiger partial charge in [0.15, 0.2) is 0 Å². The molecule has 1 amide bonds. The number of aromatic nitrogens is 1. The largest absolute Gasteiger partial charge is 0.361 e. The van der Waals surface area contributed by atoms with Gasteiger partial charge in [-0.2, -0.15) is 8.42 Å². The Bertz CT molecular complexity index is 1130. The molecule has 1 aliphatic heterocycles. The number of hydrogen-bond donors (Lipinski definition) is 3. The summed E-state index contributed by atoms with van der Waals surface area (Å²) in [7, 11) is -4.33. The van der Waals surface area contributed by atoms with Crippen LogP contribution in [0.2, 0.25) is 0 Å². The summed E-state index contributed by atoms with van der Waals surface area (Å²) in [6.45, 7) is 0. The third kappa shape index (κ3) is 2.31. The van der Waals surface area contributed by atoms with E-state index in [1.54, 1.807) is 12.3 Å². The first-order chi connectivity index (χ1) is 11.4. The molecule has 3 N–H and O–H groups in total. The monoisotopic (exact) mass is 340 g/mol. The number of carbonyl (C=O) groups excluding carboxylic acids is 1. The highest BCUT2D eigenvalue weighted by atomic mass is 32.2. The van der Waals surface area contributed by atoms with Gasteiger partial charge in [-0.25, -0.2) is 0 Å². The SMILES string of the molecule is O=C1Nc2ccc(S(=O)(=O)O)cc2/C1=C\c1c[nH]c2ccccc12. The molecule has 2 aromatic carbocycles. The van der Waals surface area contributed by atoms with Gasteiger partial charge in [-0.15, -0.1) is 0 Å². The number of nitrogens with one attached hydrogen (secondary N) is 2. The standard InChI is InChI=1S/C17H12N2O4S/c20-17-14(7-10-9-18-15-4-2-1-3-12(10)15)13-8-11(24(21,22)23)5-6-16(13)19-17/h1-9,18H,(H,19,20)(H,21,22,23)/b14-7+. The molecule has 0 unspecified atom stereocenters. The lowest BCUT2D eigenvalue weighted by Gasteiger charge is -2.02. The highest BCUT2D eigenvalue weighted by Crippen LogP contribution is 2.35. The zero-order valence-corrected chi connectivity index (χ0v) is 13.1. The Kier molecular flexibility index (Phi) is 3.09. The van der Waals surface area contributed by atoms with Gasteiger partial charge in [0.2, 0.25) is 0 Å². The van der Waals surface area contributed by atoms with E-state index in [9.17, 15) is 17.8 Å². The molecular formula is C17H12N2O4S. The van der Waals surface area contributed by atoms with E-state index in [4.69, 9.17) is 0 Å². The van der Waals surface area contributed by atoms with Crippen molar-refractivity contribution in [3.05, 3.63) is 59.8 Å². The number of fused-ring (bicyclic) bond motifs is 2. The van der Waals surface area contributed by atoms with Gasteiger partial charge >= 0.3 is 0 Å². The zero-order valence-electron chi connectivity index (χ0n) is 12.3. The number of benzene rings is 2. The lowest BCUT2D eigenvalue weighted by atomic mass is 10.0. The average molecular weight is 340 g/mol. The number of aromatic amines is 1. The summed E-state index contributed by atoms with van der Waals surface area (Å²) in [5.74, 6) is -0.317. The van der Waals surface area contributed by atoms with Crippen LogP contribution in [-0.2, 0) is 14.9 Å². The van der Waals surface area contributed by atoms with Crippen LogP contribution in [0.1, 0.15) is 11.1 Å². The molecule has 0 saturated heterocycles. The molecule has 0 atom stereocenters. The molecule has 0 fully saturated rings. The number of H-pyrrole nitrogens is 1. The number of amides is 1. The Morgan fingerprint density at radius 1 is 1.08 bits per heavy atom. The molecule has 0 aliphatic carbocycles. The van der Waals surface area contributed by atoms with E-state index in [0.717, 1.165) is 16.5 Å². The molecule has 0 bridgehead atoms. The van der Waals surface area contributed by atoms with Crippen LogP contribution >= 0.6 is 0 Å². The van der Waals surface area contributed by atoms with Crippen molar-refractivity contribution in [1.29, 1.82) is 0 Å². The minimum absolute atomic E-state index is 0.248. The fourth-order valence-corrected chi connectivity index (χ4v) is 3.35. The third-order valence-corrected chi connectivity index (χ3v) is 4.84. The van der Waals surface area contributed by atoms with Gasteiger partial charge in [-0.05, 0) is 30.3 Å². The van der Waals surface area contributed by atoms with Crippen LogP contribution in [0.25, 0.3) is 22.6 Å². The van der Waals surface area contributed by atoms with Crippen LogP contribution in [0, 0.1) is 0 Å². The molecule has 120 valence electrons. The molecule has 2 heterocycles. The molecule has 0 spiro atoms. The summed E-state index contributed by atoms with van der Waals surface area (Å²) in [5.41, 5.74) is 3.06. The van der Waals surface area contributed by atoms with E-state index in [2.05, 4.69) is 10.3 Å². The summed E-state index contributed by atoms with van der Waals surface area (Å²) in [6, 6.07) is 11.7. The Hall–Kier alpha value is -2.90. The normalized spacial score (nSPS) is 15.7. The Morgan fingerprint density at radius 3 is 2.67 bits per heavy atom. The summed E-state index contributed by atoms with van der Waals surface area (Å²) in [5, 5.41) is 3.65. The molecule has 0 radical (unpaired) electrons. The first kappa shape index (κ1) is 14.7. The molecule has 1 aromatic heterocycles. The maximum atomic E-state index is 12.3. The van der Waals surface area contributed by atoms with E-state index >= 15 is 0 Å². The summed E-state index contributed by atoms with van der Waals surface area (Å²) < 4.78 is 31.9. The number of anilines is 1. The zero-order chi connectivity index (χ0) is 16.9. The first-order valence-electron chi connectivity index (χ1n) is 7.14. The van der Waals surface area contributed by atoms with Gasteiger partial charge in [-0.1, -0.05) is 18.2 Å². The van der Waals surface area contributed by atoms with Gasteiger partial charge in [0.05, 0.1) is 4.90 Å². The van der Waals surface area contributed by atoms with Crippen molar-refractivity contribution >= 4 is 44.3 Å². The van der Waals surface area contributed by atoms with Crippen LogP contribution in [0.15, 0.2) is 53.6 Å². The molecule has 1 aliphatic rings. The molecule has 6 nitrogen and oxygen atoms in total. The minimum Gasteiger partial charge on any atom is -0.361 e. The van der Waals surface area contributed by atoms with Crippen molar-refractivity contribution in [3.8, 4) is 0 Å². The summed E-state index contributed by atoms with van der Waals surface area (Å²) in [6.07, 6.45) is 3.49. The maximum Gasteiger partial charge on any atom is 0.294 e. The topological polar surface area (TPSA) is 99.3 Å². The van der Waals surface area contributed by atoms with Crippen LogP contribution in [0.4, 0.5) is 5.69 Å². The van der Waals surface area contributed by atoms with Gasteiger partial charge in [0.1, 0.15) is 0 Å². The second kappa shape index (κ2) is 5.05. The van der Waals surface area contributed by atoms with Crippen molar-refractivity contribution in [3.63, 3.8) is 0 Å². The van der Waals surface area contributed by atoms with Gasteiger partial charge in [0, 0.05) is 39.5 Å². The lowest BCUT2D eigenvalue weighted by molar-refractivity contribution is -0.110. The average Bonchev–Trinajstić information content (AvgIpc) is 3.08. The van der Waals surface area contributed by atoms with Crippen LogP contribution in [-0.4, -0.2) is 23.9 Å². The van der Waals surface area contributed by atoms with Crippen molar-refractivity contribution < 1.29 is 17.8 Å². The number of carbonyl (C=O) groups is 1. The van der Waals surface area contributed by atoms with Crippen LogP contribution < -0.4 is 5.32 Å². The minimum atomic E-state index is -4.33. The molecule has 0 saturated carbocycles. The van der Waals surface area contributed by atoms with Gasteiger partial charge in [-0.3, -0.25) is 9.35 Å². The molecule has 3 aromatic rings. The molecule has 7 heteroatoms. The highest BCUT2D eigenvalue weighted by Gasteiger charge is 2.26. The third-order valence-electron chi connectivity index (χ3n) is 3.99. The fourth-order valence-electron chi connectivity index (χ4n) is 2.84. The first-order valence-corrected chi connectivity index (χ1v) is 8.58. The predicted molar refractivity (Wildman–Crippen MR) is 91.1 cm³/mol. The van der Waals surface area contributed by atoms with Crippen molar-refractivity contribution in [1.82, 2.24) is 4.98 Å². The Labute approximate surface area is 137 Å². The Balaban J connectivity index is 1.90. The maximum absolute atomic E-state index is 12.3. The predicted octanol–water partition coefficient (Wildman–Crippen LogP) is 2.91. The Morgan fingerprint density at radius 2 is 1.88 bits per heavy atom. The van der Waals surface area contributed by atoms with Crippen molar-refractivity contribution in [2.45, 2.75) is 4.90 Å². The van der Waals surface area contributed by atoms with Crippen molar-refractivity contribution in [2.75, 3.05) is 5.32 Å². The fraction of sp³-hybridized carbons (Fsp3) is 0. The van der Waals surface area contributed by atoms with Crippen LogP contribution in [0.3, 0.4) is 0 Å². The number of hydrogen-bond acceptors (Lipinski definition) is 3.